The maximum atomic E-state index is 12.9. The van der Waals surface area contributed by atoms with Gasteiger partial charge < -0.3 is 4.84 Å². The van der Waals surface area contributed by atoms with Crippen LogP contribution in [0.5, 0.6) is 0 Å². The van der Waals surface area contributed by atoms with Crippen molar-refractivity contribution < 1.29 is 19.2 Å². The first-order valence-electron chi connectivity index (χ1n) is 7.74. The summed E-state index contributed by atoms with van der Waals surface area (Å²) < 4.78 is -1.17. The SMILES string of the molecule is CC(Sc1ccccn1)(C(=O)ON1C(=O)CCC1=O)c1ccccc1. The molecule has 1 atom stereocenters. The Labute approximate surface area is 149 Å². The molecule has 1 aliphatic rings. The van der Waals surface area contributed by atoms with E-state index in [1.54, 1.807) is 37.4 Å². The van der Waals surface area contributed by atoms with Gasteiger partial charge in [-0.3, -0.25) is 9.59 Å². The second-order valence-electron chi connectivity index (χ2n) is 5.63. The molecule has 1 saturated heterocycles. The molecule has 25 heavy (non-hydrogen) atoms. The largest absolute Gasteiger partial charge is 0.353 e. The molecule has 128 valence electrons. The highest BCUT2D eigenvalue weighted by Crippen LogP contribution is 2.41. The molecule has 1 unspecified atom stereocenters. The van der Waals surface area contributed by atoms with Gasteiger partial charge in [-0.25, -0.2) is 9.78 Å². The molecule has 1 aromatic carbocycles. The van der Waals surface area contributed by atoms with Crippen LogP contribution in [-0.4, -0.2) is 27.8 Å². The third-order valence-corrected chi connectivity index (χ3v) is 5.10. The predicted octanol–water partition coefficient (Wildman–Crippen LogP) is 2.70. The summed E-state index contributed by atoms with van der Waals surface area (Å²) in [4.78, 5) is 45.8. The van der Waals surface area contributed by atoms with Crippen molar-refractivity contribution in [3.05, 3.63) is 60.3 Å². The molecule has 2 amide bonds. The summed E-state index contributed by atoms with van der Waals surface area (Å²) in [6.07, 6.45) is 1.75. The summed E-state index contributed by atoms with van der Waals surface area (Å²) in [5.41, 5.74) is 0.690. The molecule has 2 heterocycles. The van der Waals surface area contributed by atoms with Gasteiger partial charge >= 0.3 is 5.97 Å². The number of carbonyl (C=O) groups excluding carboxylic acids is 3. The van der Waals surface area contributed by atoms with Gasteiger partial charge in [-0.2, -0.15) is 0 Å². The molecule has 0 bridgehead atoms. The van der Waals surface area contributed by atoms with Gasteiger partial charge in [0.2, 0.25) is 0 Å². The molecule has 1 aliphatic heterocycles. The summed E-state index contributed by atoms with van der Waals surface area (Å²) in [6, 6.07) is 14.4. The van der Waals surface area contributed by atoms with E-state index in [0.717, 1.165) is 0 Å². The van der Waals surface area contributed by atoms with Crippen LogP contribution in [0.1, 0.15) is 25.3 Å². The lowest BCUT2D eigenvalue weighted by Crippen LogP contribution is -2.39. The molecular formula is C18H16N2O4S. The Morgan fingerprint density at radius 3 is 2.32 bits per heavy atom. The van der Waals surface area contributed by atoms with Crippen molar-refractivity contribution >= 4 is 29.5 Å². The van der Waals surface area contributed by atoms with Crippen molar-refractivity contribution in [1.82, 2.24) is 10.0 Å². The van der Waals surface area contributed by atoms with Gasteiger partial charge in [0.05, 0.1) is 5.03 Å². The van der Waals surface area contributed by atoms with E-state index in [2.05, 4.69) is 4.98 Å². The van der Waals surface area contributed by atoms with Gasteiger partial charge in [-0.05, 0) is 24.6 Å². The molecule has 2 aromatic rings. The van der Waals surface area contributed by atoms with E-state index in [0.29, 0.717) is 15.7 Å². The van der Waals surface area contributed by atoms with Crippen molar-refractivity contribution in [3.63, 3.8) is 0 Å². The smallest absolute Gasteiger partial charge is 0.328 e. The van der Waals surface area contributed by atoms with E-state index in [4.69, 9.17) is 4.84 Å². The van der Waals surface area contributed by atoms with Crippen LogP contribution in [-0.2, 0) is 24.0 Å². The fourth-order valence-electron chi connectivity index (χ4n) is 2.42. The maximum Gasteiger partial charge on any atom is 0.353 e. The number of thioether (sulfide) groups is 1. The predicted molar refractivity (Wildman–Crippen MR) is 91.1 cm³/mol. The molecule has 0 saturated carbocycles. The van der Waals surface area contributed by atoms with Crippen LogP contribution in [0.3, 0.4) is 0 Å². The number of nitrogens with zero attached hydrogens (tertiary/aromatic N) is 2. The molecule has 0 spiro atoms. The van der Waals surface area contributed by atoms with E-state index in [9.17, 15) is 14.4 Å². The Kier molecular flexibility index (Phi) is 4.85. The van der Waals surface area contributed by atoms with Crippen molar-refractivity contribution in [2.45, 2.75) is 29.5 Å². The number of rotatable bonds is 5. The Morgan fingerprint density at radius 2 is 1.72 bits per heavy atom. The van der Waals surface area contributed by atoms with Gasteiger partial charge in [0.25, 0.3) is 11.8 Å². The minimum absolute atomic E-state index is 0.0571. The van der Waals surface area contributed by atoms with Crippen molar-refractivity contribution in [2.75, 3.05) is 0 Å². The summed E-state index contributed by atoms with van der Waals surface area (Å²) in [6.45, 7) is 1.69. The number of aromatic nitrogens is 1. The van der Waals surface area contributed by atoms with Gasteiger partial charge in [0, 0.05) is 19.0 Å². The highest BCUT2D eigenvalue weighted by Gasteiger charge is 2.43. The number of hydrogen-bond acceptors (Lipinski definition) is 6. The summed E-state index contributed by atoms with van der Waals surface area (Å²) >= 11 is 1.20. The molecular weight excluding hydrogens is 340 g/mol. The fourth-order valence-corrected chi connectivity index (χ4v) is 3.47. The van der Waals surface area contributed by atoms with Gasteiger partial charge in [0.1, 0.15) is 4.75 Å². The topological polar surface area (TPSA) is 76.6 Å². The van der Waals surface area contributed by atoms with E-state index in [1.807, 2.05) is 24.3 Å². The third-order valence-electron chi connectivity index (χ3n) is 3.84. The average Bonchev–Trinajstić information content (AvgIpc) is 2.95. The Hall–Kier alpha value is -2.67. The Balaban J connectivity index is 1.92. The molecule has 0 radical (unpaired) electrons. The minimum Gasteiger partial charge on any atom is -0.328 e. The summed E-state index contributed by atoms with van der Waals surface area (Å²) in [7, 11) is 0. The summed E-state index contributed by atoms with van der Waals surface area (Å²) in [5.74, 6) is -1.70. The second kappa shape index (κ2) is 7.06. The molecule has 0 aliphatic carbocycles. The van der Waals surface area contributed by atoms with Crippen LogP contribution in [0.25, 0.3) is 0 Å². The van der Waals surface area contributed by atoms with E-state index in [1.165, 1.54) is 11.8 Å². The average molecular weight is 356 g/mol. The lowest BCUT2D eigenvalue weighted by molar-refractivity contribution is -0.199. The quantitative estimate of drug-likeness (QED) is 0.606. The highest BCUT2D eigenvalue weighted by molar-refractivity contribution is 8.00. The number of carbonyl (C=O) groups is 3. The lowest BCUT2D eigenvalue weighted by atomic mass is 10.0. The third kappa shape index (κ3) is 3.56. The number of hydroxylamine groups is 2. The van der Waals surface area contributed by atoms with Crippen molar-refractivity contribution in [2.24, 2.45) is 0 Å². The maximum absolute atomic E-state index is 12.9. The highest BCUT2D eigenvalue weighted by atomic mass is 32.2. The molecule has 3 rings (SSSR count). The first-order chi connectivity index (χ1) is 12.0. The van der Waals surface area contributed by atoms with Crippen LogP contribution >= 0.6 is 11.8 Å². The first-order valence-corrected chi connectivity index (χ1v) is 8.56. The van der Waals surface area contributed by atoms with Crippen LogP contribution in [0, 0.1) is 0 Å². The van der Waals surface area contributed by atoms with Crippen molar-refractivity contribution in [1.29, 1.82) is 0 Å². The number of amides is 2. The zero-order valence-corrected chi connectivity index (χ0v) is 14.4. The second-order valence-corrected chi connectivity index (χ2v) is 7.07. The van der Waals surface area contributed by atoms with Gasteiger partial charge in [-0.15, -0.1) is 5.06 Å². The monoisotopic (exact) mass is 356 g/mol. The first kappa shape index (κ1) is 17.2. The summed E-state index contributed by atoms with van der Waals surface area (Å²) in [5, 5.41) is 1.20. The standard InChI is InChI=1S/C18H16N2O4S/c1-18(13-7-3-2-4-8-13,25-14-9-5-6-12-19-14)17(23)24-20-15(21)10-11-16(20)22/h2-9,12H,10-11H2,1H3. The fraction of sp³-hybridized carbons (Fsp3) is 0.222. The zero-order chi connectivity index (χ0) is 17.9. The molecule has 6 nitrogen and oxygen atoms in total. The van der Waals surface area contributed by atoms with E-state index in [-0.39, 0.29) is 12.8 Å². The van der Waals surface area contributed by atoms with Gasteiger partial charge in [-0.1, -0.05) is 48.2 Å². The Bertz CT molecular complexity index is 781. The number of imide groups is 1. The van der Waals surface area contributed by atoms with Crippen LogP contribution in [0.15, 0.2) is 59.8 Å². The zero-order valence-electron chi connectivity index (χ0n) is 13.5. The molecule has 1 fully saturated rings. The number of hydrogen-bond donors (Lipinski definition) is 0. The normalized spacial score (nSPS) is 16.6. The molecule has 1 aromatic heterocycles. The van der Waals surface area contributed by atoms with E-state index < -0.39 is 22.5 Å². The number of pyridine rings is 1. The van der Waals surface area contributed by atoms with E-state index >= 15 is 0 Å². The van der Waals surface area contributed by atoms with Crippen LogP contribution in [0.2, 0.25) is 0 Å². The van der Waals surface area contributed by atoms with Crippen LogP contribution < -0.4 is 0 Å². The van der Waals surface area contributed by atoms with Crippen molar-refractivity contribution in [3.8, 4) is 0 Å². The van der Waals surface area contributed by atoms with Gasteiger partial charge in [0.15, 0.2) is 0 Å². The lowest BCUT2D eigenvalue weighted by Gasteiger charge is -2.28. The molecule has 7 heteroatoms. The number of benzene rings is 1. The minimum atomic E-state index is -1.17. The van der Waals surface area contributed by atoms with Crippen LogP contribution in [0.4, 0.5) is 0 Å². The molecule has 0 N–H and O–H groups in total. The Morgan fingerprint density at radius 1 is 1.08 bits per heavy atom.